The molecule has 0 bridgehead atoms. The van der Waals surface area contributed by atoms with Crippen molar-refractivity contribution < 1.29 is 17.6 Å². The van der Waals surface area contributed by atoms with Gasteiger partial charge < -0.3 is 9.73 Å². The van der Waals surface area contributed by atoms with Crippen molar-refractivity contribution in [3.05, 3.63) is 52.5 Å². The van der Waals surface area contributed by atoms with Crippen molar-refractivity contribution in [3.63, 3.8) is 0 Å². The summed E-state index contributed by atoms with van der Waals surface area (Å²) < 4.78 is 33.6. The van der Waals surface area contributed by atoms with E-state index in [1.165, 1.54) is 33.8 Å². The fourth-order valence-corrected chi connectivity index (χ4v) is 6.41. The Morgan fingerprint density at radius 2 is 2.12 bits per heavy atom. The second kappa shape index (κ2) is 7.84. The maximum Gasteiger partial charge on any atom is 0.417 e. The van der Waals surface area contributed by atoms with Crippen LogP contribution in [0.2, 0.25) is 0 Å². The van der Waals surface area contributed by atoms with Crippen molar-refractivity contribution in [3.8, 4) is 0 Å². The number of anilines is 1. The molecule has 9 nitrogen and oxygen atoms in total. The van der Waals surface area contributed by atoms with E-state index in [1.54, 1.807) is 0 Å². The molecule has 1 amide bonds. The maximum absolute atomic E-state index is 13.2. The molecule has 1 fully saturated rings. The minimum absolute atomic E-state index is 0.0235. The summed E-state index contributed by atoms with van der Waals surface area (Å²) in [5.74, 6) is -1.37. The fourth-order valence-electron chi connectivity index (χ4n) is 3.90. The number of aromatic nitrogens is 2. The Balaban J connectivity index is 1.34. The monoisotopic (exact) mass is 472 g/mol. The molecule has 2 N–H and O–H groups in total. The van der Waals surface area contributed by atoms with Crippen LogP contribution in [-0.2, 0) is 14.8 Å². The molecule has 1 aliphatic rings. The van der Waals surface area contributed by atoms with E-state index in [1.807, 2.05) is 25.1 Å². The van der Waals surface area contributed by atoms with E-state index < -0.39 is 21.7 Å². The molecular formula is C21H20N4O5S2. The molecule has 0 radical (unpaired) electrons. The summed E-state index contributed by atoms with van der Waals surface area (Å²) in [6.07, 6.45) is 1.16. The number of aryl methyl sites for hydroxylation is 1. The second-order valence-corrected chi connectivity index (χ2v) is 10.8. The van der Waals surface area contributed by atoms with Crippen LogP contribution in [0.25, 0.3) is 21.3 Å². The zero-order valence-corrected chi connectivity index (χ0v) is 18.8. The SMILES string of the molecule is Cc1ccc2nc(NC(=O)[C@H]3CCCN(S(=O)(=O)c4ccc5[nH]c(=O)oc5c4)C3)sc2c1. The summed E-state index contributed by atoms with van der Waals surface area (Å²) in [5.41, 5.74) is 2.53. The van der Waals surface area contributed by atoms with Crippen molar-refractivity contribution in [2.24, 2.45) is 5.92 Å². The van der Waals surface area contributed by atoms with E-state index in [0.29, 0.717) is 30.0 Å². The molecule has 3 heterocycles. The van der Waals surface area contributed by atoms with E-state index in [4.69, 9.17) is 4.42 Å². The molecule has 11 heteroatoms. The van der Waals surface area contributed by atoms with E-state index in [-0.39, 0.29) is 22.9 Å². The van der Waals surface area contributed by atoms with Crippen molar-refractivity contribution >= 4 is 53.7 Å². The Morgan fingerprint density at radius 3 is 2.97 bits per heavy atom. The largest absolute Gasteiger partial charge is 0.417 e. The number of fused-ring (bicyclic) bond motifs is 2. The molecule has 2 aromatic heterocycles. The minimum Gasteiger partial charge on any atom is -0.408 e. The van der Waals surface area contributed by atoms with Gasteiger partial charge >= 0.3 is 5.76 Å². The fraction of sp³-hybridized carbons (Fsp3) is 0.286. The average Bonchev–Trinajstić information content (AvgIpc) is 3.34. The molecule has 0 unspecified atom stereocenters. The van der Waals surface area contributed by atoms with Gasteiger partial charge in [-0.25, -0.2) is 18.2 Å². The number of nitrogens with one attached hydrogen (secondary N) is 2. The highest BCUT2D eigenvalue weighted by atomic mass is 32.2. The quantitative estimate of drug-likeness (QED) is 0.470. The van der Waals surface area contributed by atoms with Crippen molar-refractivity contribution in [2.45, 2.75) is 24.7 Å². The highest BCUT2D eigenvalue weighted by Gasteiger charge is 2.34. The van der Waals surface area contributed by atoms with Crippen molar-refractivity contribution in [2.75, 3.05) is 18.4 Å². The van der Waals surface area contributed by atoms with Gasteiger partial charge in [0.05, 0.1) is 26.5 Å². The van der Waals surface area contributed by atoms with Crippen LogP contribution in [0.3, 0.4) is 0 Å². The van der Waals surface area contributed by atoms with E-state index >= 15 is 0 Å². The standard InChI is InChI=1S/C21H20N4O5S2/c1-12-4-6-16-18(9-12)31-20(22-16)24-19(26)13-3-2-8-25(11-13)32(28,29)14-5-7-15-17(10-14)30-21(27)23-15/h4-7,9-10,13H,2-3,8,11H2,1H3,(H,23,27)(H,22,24,26)/t13-/m0/s1. The number of carbonyl (C=O) groups excluding carboxylic acids is 1. The summed E-state index contributed by atoms with van der Waals surface area (Å²) in [5, 5.41) is 3.36. The third-order valence-electron chi connectivity index (χ3n) is 5.56. The number of rotatable bonds is 4. The molecule has 0 saturated carbocycles. The molecule has 1 aliphatic heterocycles. The molecule has 0 aliphatic carbocycles. The first-order chi connectivity index (χ1) is 15.3. The van der Waals surface area contributed by atoms with Crippen molar-refractivity contribution in [1.29, 1.82) is 0 Å². The smallest absolute Gasteiger partial charge is 0.408 e. The van der Waals surface area contributed by atoms with Crippen LogP contribution in [-0.4, -0.2) is 41.7 Å². The average molecular weight is 473 g/mol. The first kappa shape index (κ1) is 20.9. The lowest BCUT2D eigenvalue weighted by molar-refractivity contribution is -0.120. The Kier molecular flexibility index (Phi) is 5.11. The Hall–Kier alpha value is -3.02. The lowest BCUT2D eigenvalue weighted by atomic mass is 9.99. The first-order valence-corrected chi connectivity index (χ1v) is 12.4. The number of H-pyrrole nitrogens is 1. The van der Waals surface area contributed by atoms with Gasteiger partial charge in [0, 0.05) is 19.2 Å². The highest BCUT2D eigenvalue weighted by Crippen LogP contribution is 2.29. The van der Waals surface area contributed by atoms with Gasteiger partial charge in [-0.3, -0.25) is 9.78 Å². The number of hydrogen-bond acceptors (Lipinski definition) is 7. The van der Waals surface area contributed by atoms with Gasteiger partial charge in [-0.05, 0) is 49.6 Å². The summed E-state index contributed by atoms with van der Waals surface area (Å²) in [6.45, 7) is 2.39. The second-order valence-electron chi connectivity index (χ2n) is 7.85. The summed E-state index contributed by atoms with van der Waals surface area (Å²) >= 11 is 1.40. The number of amides is 1. The maximum atomic E-state index is 13.2. The van der Waals surface area contributed by atoms with Crippen LogP contribution in [0.15, 0.2) is 50.5 Å². The lowest BCUT2D eigenvalue weighted by Crippen LogP contribution is -2.43. The van der Waals surface area contributed by atoms with Crippen LogP contribution in [0, 0.1) is 12.8 Å². The molecule has 1 atom stereocenters. The number of thiazole rings is 1. The number of hydrogen-bond donors (Lipinski definition) is 2. The van der Waals surface area contributed by atoms with E-state index in [0.717, 1.165) is 15.8 Å². The molecule has 4 aromatic rings. The number of benzene rings is 2. The Bertz CT molecular complexity index is 1500. The zero-order chi connectivity index (χ0) is 22.5. The van der Waals surface area contributed by atoms with Gasteiger partial charge in [0.15, 0.2) is 10.7 Å². The third-order valence-corrected chi connectivity index (χ3v) is 8.35. The lowest BCUT2D eigenvalue weighted by Gasteiger charge is -2.31. The van der Waals surface area contributed by atoms with E-state index in [2.05, 4.69) is 15.3 Å². The van der Waals surface area contributed by atoms with Gasteiger partial charge in [0.2, 0.25) is 15.9 Å². The van der Waals surface area contributed by atoms with Crippen LogP contribution in [0.5, 0.6) is 0 Å². The third kappa shape index (κ3) is 3.83. The molecule has 1 saturated heterocycles. The van der Waals surface area contributed by atoms with Crippen molar-refractivity contribution in [1.82, 2.24) is 14.3 Å². The Labute approximate surface area is 187 Å². The van der Waals surface area contributed by atoms with Crippen LogP contribution >= 0.6 is 11.3 Å². The molecule has 32 heavy (non-hydrogen) atoms. The predicted octanol–water partition coefficient (Wildman–Crippen LogP) is 3.08. The first-order valence-electron chi connectivity index (χ1n) is 10.1. The minimum atomic E-state index is -3.84. The number of sulfonamides is 1. The van der Waals surface area contributed by atoms with E-state index in [9.17, 15) is 18.0 Å². The summed E-state index contributed by atoms with van der Waals surface area (Å²) in [6, 6.07) is 10.1. The zero-order valence-electron chi connectivity index (χ0n) is 17.1. The number of nitrogens with zero attached hydrogens (tertiary/aromatic N) is 2. The van der Waals surface area contributed by atoms with Gasteiger partial charge in [-0.2, -0.15) is 4.31 Å². The molecule has 2 aromatic carbocycles. The topological polar surface area (TPSA) is 125 Å². The predicted molar refractivity (Wildman–Crippen MR) is 121 cm³/mol. The normalized spacial score (nSPS) is 17.7. The number of oxazole rings is 1. The summed E-state index contributed by atoms with van der Waals surface area (Å²) in [7, 11) is -3.84. The molecule has 0 spiro atoms. The Morgan fingerprint density at radius 1 is 1.28 bits per heavy atom. The number of aromatic amines is 1. The molecular weight excluding hydrogens is 452 g/mol. The highest BCUT2D eigenvalue weighted by molar-refractivity contribution is 7.89. The summed E-state index contributed by atoms with van der Waals surface area (Å²) in [4.78, 5) is 31.2. The van der Waals surface area contributed by atoms with Crippen LogP contribution < -0.4 is 11.1 Å². The number of piperidine rings is 1. The van der Waals surface area contributed by atoms with Gasteiger partial charge in [-0.1, -0.05) is 17.4 Å². The van der Waals surface area contributed by atoms with Gasteiger partial charge in [0.1, 0.15) is 0 Å². The van der Waals surface area contributed by atoms with Gasteiger partial charge in [-0.15, -0.1) is 0 Å². The van der Waals surface area contributed by atoms with Crippen LogP contribution in [0.4, 0.5) is 5.13 Å². The van der Waals surface area contributed by atoms with Crippen LogP contribution in [0.1, 0.15) is 18.4 Å². The molecule has 166 valence electrons. The molecule has 5 rings (SSSR count). The number of carbonyl (C=O) groups is 1. The van der Waals surface area contributed by atoms with Gasteiger partial charge in [0.25, 0.3) is 0 Å².